The van der Waals surface area contributed by atoms with Crippen LogP contribution in [0.5, 0.6) is 11.5 Å². The van der Waals surface area contributed by atoms with Gasteiger partial charge in [0.1, 0.15) is 0 Å². The van der Waals surface area contributed by atoms with E-state index >= 15 is 0 Å². The number of aryl methyl sites for hydroxylation is 1. The lowest BCUT2D eigenvalue weighted by Gasteiger charge is -2.12. The summed E-state index contributed by atoms with van der Waals surface area (Å²) >= 11 is 1.41. The number of anilines is 1. The molecule has 2 aromatic rings. The Morgan fingerprint density at radius 2 is 2.04 bits per heavy atom. The van der Waals surface area contributed by atoms with E-state index in [9.17, 15) is 9.90 Å². The number of carbonyl (C=O) groups is 1. The molecule has 25 heavy (non-hydrogen) atoms. The van der Waals surface area contributed by atoms with Crippen molar-refractivity contribution >= 4 is 29.4 Å². The quantitative estimate of drug-likeness (QED) is 0.715. The number of ether oxygens (including phenoxy) is 1. The molecule has 130 valence electrons. The molecule has 1 saturated heterocycles. The molecule has 1 amide bonds. The third kappa shape index (κ3) is 4.09. The van der Waals surface area contributed by atoms with Gasteiger partial charge in [0.15, 0.2) is 17.0 Å². The van der Waals surface area contributed by atoms with Crippen LogP contribution in [-0.2, 0) is 11.2 Å². The Bertz CT molecular complexity index is 803. The van der Waals surface area contributed by atoms with Crippen LogP contribution in [0.1, 0.15) is 18.1 Å². The predicted octanol–water partition coefficient (Wildman–Crippen LogP) is 3.56. The summed E-state index contributed by atoms with van der Waals surface area (Å²) in [6, 6.07) is 13.2. The maximum Gasteiger partial charge on any atom is 0.260 e. The Kier molecular flexibility index (Phi) is 5.19. The second kappa shape index (κ2) is 7.53. The van der Waals surface area contributed by atoms with Crippen molar-refractivity contribution in [2.75, 3.05) is 12.4 Å². The fraction of sp³-hybridized carbons (Fsp3) is 0.211. The number of methoxy groups -OCH3 is 1. The Morgan fingerprint density at radius 3 is 2.68 bits per heavy atom. The molecule has 1 aliphatic heterocycles. The maximum atomic E-state index is 12.2. The minimum Gasteiger partial charge on any atom is -0.504 e. The van der Waals surface area contributed by atoms with Gasteiger partial charge in [-0.05, 0) is 47.9 Å². The smallest absolute Gasteiger partial charge is 0.260 e. The highest BCUT2D eigenvalue weighted by Gasteiger charge is 2.27. The van der Waals surface area contributed by atoms with Gasteiger partial charge in [-0.25, -0.2) is 0 Å². The van der Waals surface area contributed by atoms with E-state index in [0.29, 0.717) is 10.7 Å². The van der Waals surface area contributed by atoms with E-state index in [0.717, 1.165) is 17.7 Å². The molecule has 6 heteroatoms. The zero-order valence-corrected chi connectivity index (χ0v) is 14.9. The van der Waals surface area contributed by atoms with Crippen LogP contribution < -0.4 is 15.4 Å². The van der Waals surface area contributed by atoms with Crippen LogP contribution in [-0.4, -0.2) is 23.6 Å². The topological polar surface area (TPSA) is 70.6 Å². The number of hydrogen-bond donors (Lipinski definition) is 3. The number of aromatic hydroxyl groups is 1. The van der Waals surface area contributed by atoms with Gasteiger partial charge in [-0.3, -0.25) is 4.79 Å². The van der Waals surface area contributed by atoms with Crippen LogP contribution in [0.3, 0.4) is 0 Å². The van der Waals surface area contributed by atoms with Crippen molar-refractivity contribution in [3.63, 3.8) is 0 Å². The van der Waals surface area contributed by atoms with Gasteiger partial charge in [-0.15, -0.1) is 0 Å². The first kappa shape index (κ1) is 17.2. The third-order valence-electron chi connectivity index (χ3n) is 3.89. The van der Waals surface area contributed by atoms with Crippen molar-refractivity contribution in [1.82, 2.24) is 5.32 Å². The highest BCUT2D eigenvalue weighted by molar-refractivity contribution is 8.05. The molecule has 3 N–H and O–H groups in total. The standard InChI is InChI=1S/C19H20N2O3S/c1-3-12-4-7-14(8-5-12)20-19-21-18(23)17(25-19)11-13-6-9-16(24-2)15(22)10-13/h4-11,19-20,22H,3H2,1-2H3,(H,21,23)/b17-11-. The molecule has 0 aromatic heterocycles. The molecular formula is C19H20N2O3S. The molecule has 1 unspecified atom stereocenters. The number of amides is 1. The molecule has 2 aromatic carbocycles. The van der Waals surface area contributed by atoms with Gasteiger partial charge in [-0.2, -0.15) is 0 Å². The summed E-state index contributed by atoms with van der Waals surface area (Å²) in [4.78, 5) is 12.8. The van der Waals surface area contributed by atoms with Crippen molar-refractivity contribution in [2.45, 2.75) is 18.8 Å². The number of thioether (sulfide) groups is 1. The van der Waals surface area contributed by atoms with Crippen LogP contribution in [0.15, 0.2) is 47.4 Å². The highest BCUT2D eigenvalue weighted by atomic mass is 32.2. The normalized spacial score (nSPS) is 18.2. The summed E-state index contributed by atoms with van der Waals surface area (Å²) in [7, 11) is 1.50. The van der Waals surface area contributed by atoms with E-state index in [-0.39, 0.29) is 17.2 Å². The largest absolute Gasteiger partial charge is 0.504 e. The van der Waals surface area contributed by atoms with E-state index < -0.39 is 0 Å². The van der Waals surface area contributed by atoms with Gasteiger partial charge in [0, 0.05) is 5.69 Å². The zero-order valence-electron chi connectivity index (χ0n) is 14.1. The average Bonchev–Trinajstić information content (AvgIpc) is 2.95. The second-order valence-corrected chi connectivity index (χ2v) is 6.75. The molecule has 1 aliphatic rings. The van der Waals surface area contributed by atoms with Crippen LogP contribution in [0, 0.1) is 0 Å². The third-order valence-corrected chi connectivity index (χ3v) is 4.92. The lowest BCUT2D eigenvalue weighted by atomic mass is 10.1. The fourth-order valence-corrected chi connectivity index (χ4v) is 3.49. The van der Waals surface area contributed by atoms with E-state index in [4.69, 9.17) is 4.74 Å². The van der Waals surface area contributed by atoms with Crippen LogP contribution in [0.2, 0.25) is 0 Å². The lowest BCUT2D eigenvalue weighted by Crippen LogP contribution is -2.30. The summed E-state index contributed by atoms with van der Waals surface area (Å²) in [6.07, 6.45) is 2.75. The van der Waals surface area contributed by atoms with Crippen molar-refractivity contribution in [1.29, 1.82) is 0 Å². The molecule has 5 nitrogen and oxygen atoms in total. The van der Waals surface area contributed by atoms with Gasteiger partial charge in [0.05, 0.1) is 12.0 Å². The lowest BCUT2D eigenvalue weighted by molar-refractivity contribution is -0.116. The summed E-state index contributed by atoms with van der Waals surface area (Å²) in [5, 5.41) is 16.0. The van der Waals surface area contributed by atoms with E-state index in [2.05, 4.69) is 29.7 Å². The molecule has 0 aliphatic carbocycles. The molecule has 0 saturated carbocycles. The number of phenolic OH excluding ortho intramolecular Hbond substituents is 1. The van der Waals surface area contributed by atoms with Gasteiger partial charge in [0.2, 0.25) is 0 Å². The molecule has 1 heterocycles. The number of phenols is 1. The monoisotopic (exact) mass is 356 g/mol. The molecule has 1 atom stereocenters. The minimum atomic E-state index is -0.224. The molecule has 0 radical (unpaired) electrons. The minimum absolute atomic E-state index is 0.0472. The van der Waals surface area contributed by atoms with Gasteiger partial charge in [0.25, 0.3) is 5.91 Å². The Balaban J connectivity index is 1.70. The molecule has 0 spiro atoms. The predicted molar refractivity (Wildman–Crippen MR) is 102 cm³/mol. The van der Waals surface area contributed by atoms with Crippen molar-refractivity contribution in [3.8, 4) is 11.5 Å². The maximum absolute atomic E-state index is 12.2. The van der Waals surface area contributed by atoms with Crippen LogP contribution >= 0.6 is 11.8 Å². The number of rotatable bonds is 5. The number of benzene rings is 2. The molecule has 0 bridgehead atoms. The molecule has 3 rings (SSSR count). The van der Waals surface area contributed by atoms with E-state index in [1.807, 2.05) is 12.1 Å². The summed E-state index contributed by atoms with van der Waals surface area (Å²) in [5.74, 6) is 0.315. The Morgan fingerprint density at radius 1 is 1.28 bits per heavy atom. The zero-order chi connectivity index (χ0) is 17.8. The number of hydrogen-bond acceptors (Lipinski definition) is 5. The summed E-state index contributed by atoms with van der Waals surface area (Å²) in [5.41, 5.74) is 2.74. The van der Waals surface area contributed by atoms with Gasteiger partial charge in [-0.1, -0.05) is 36.9 Å². The average molecular weight is 356 g/mol. The van der Waals surface area contributed by atoms with E-state index in [1.54, 1.807) is 24.3 Å². The SMILES string of the molecule is CCc1ccc(NC2NC(=O)/C(=C/c3ccc(OC)c(O)c3)S2)cc1. The van der Waals surface area contributed by atoms with Crippen molar-refractivity contribution in [3.05, 3.63) is 58.5 Å². The Labute approximate surface area is 151 Å². The Hall–Kier alpha value is -2.60. The molecule has 1 fully saturated rings. The van der Waals surface area contributed by atoms with E-state index in [1.165, 1.54) is 24.4 Å². The first-order chi connectivity index (χ1) is 12.1. The number of nitrogens with one attached hydrogen (secondary N) is 2. The van der Waals surface area contributed by atoms with Crippen molar-refractivity contribution < 1.29 is 14.6 Å². The van der Waals surface area contributed by atoms with Gasteiger partial charge < -0.3 is 20.5 Å². The molecular weight excluding hydrogens is 336 g/mol. The van der Waals surface area contributed by atoms with Crippen LogP contribution in [0.25, 0.3) is 6.08 Å². The first-order valence-corrected chi connectivity index (χ1v) is 8.88. The number of carbonyl (C=O) groups excluding carboxylic acids is 1. The fourth-order valence-electron chi connectivity index (χ4n) is 2.50. The van der Waals surface area contributed by atoms with Gasteiger partial charge >= 0.3 is 0 Å². The first-order valence-electron chi connectivity index (χ1n) is 8.00. The van der Waals surface area contributed by atoms with Crippen LogP contribution in [0.4, 0.5) is 5.69 Å². The highest BCUT2D eigenvalue weighted by Crippen LogP contribution is 2.32. The van der Waals surface area contributed by atoms with Crippen molar-refractivity contribution in [2.24, 2.45) is 0 Å². The summed E-state index contributed by atoms with van der Waals surface area (Å²) in [6.45, 7) is 2.11. The summed E-state index contributed by atoms with van der Waals surface area (Å²) < 4.78 is 5.03. The second-order valence-electron chi connectivity index (χ2n) is 5.61.